The van der Waals surface area contributed by atoms with Gasteiger partial charge in [0.25, 0.3) is 0 Å². The zero-order valence-corrected chi connectivity index (χ0v) is 19.3. The van der Waals surface area contributed by atoms with Crippen LogP contribution in [0.5, 0.6) is 5.75 Å². The number of alkyl carbamates (subject to hydrolysis) is 1. The first kappa shape index (κ1) is 26.1. The van der Waals surface area contributed by atoms with E-state index >= 15 is 0 Å². The third-order valence-corrected chi connectivity index (χ3v) is 5.81. The molecular weight excluding hydrogens is 525 g/mol. The van der Waals surface area contributed by atoms with Crippen LogP contribution in [0.15, 0.2) is 48.5 Å². The number of hydrogen-bond acceptors (Lipinski definition) is 5. The number of carbonyl (C=O) groups excluding carboxylic acids is 3. The average molecular weight is 540 g/mol. The maximum Gasteiger partial charge on any atom is 0.407 e. The third-order valence-electron chi connectivity index (χ3n) is 5.66. The van der Waals surface area contributed by atoms with E-state index in [4.69, 9.17) is 16.3 Å². The molecule has 37 heavy (non-hydrogen) atoms. The third kappa shape index (κ3) is 5.12. The number of ether oxygens (including phenoxy) is 2. The predicted molar refractivity (Wildman–Crippen MR) is 119 cm³/mol. The molecule has 1 unspecified atom stereocenters. The van der Waals surface area contributed by atoms with Crippen molar-refractivity contribution < 1.29 is 45.8 Å². The molecular formula is C25H15ClF5NO5. The first-order valence-electron chi connectivity index (χ1n) is 10.6. The molecule has 0 saturated carbocycles. The molecule has 0 bridgehead atoms. The Hall–Kier alpha value is -3.99. The summed E-state index contributed by atoms with van der Waals surface area (Å²) in [7, 11) is 0. The molecule has 0 radical (unpaired) electrons. The van der Waals surface area contributed by atoms with Crippen LogP contribution >= 0.6 is 11.6 Å². The zero-order chi connectivity index (χ0) is 26.9. The summed E-state index contributed by atoms with van der Waals surface area (Å²) in [5.74, 6) is -16.0. The smallest absolute Gasteiger partial charge is 0.407 e. The summed E-state index contributed by atoms with van der Waals surface area (Å²) in [6.07, 6.45) is -2.15. The molecule has 4 rings (SSSR count). The fourth-order valence-corrected chi connectivity index (χ4v) is 4.14. The topological polar surface area (TPSA) is 81.7 Å². The number of benzene rings is 3. The van der Waals surface area contributed by atoms with Crippen LogP contribution in [0.25, 0.3) is 11.1 Å². The Morgan fingerprint density at radius 3 is 1.81 bits per heavy atom. The van der Waals surface area contributed by atoms with Crippen LogP contribution in [0.4, 0.5) is 26.7 Å². The van der Waals surface area contributed by atoms with Crippen LogP contribution in [0.3, 0.4) is 0 Å². The highest BCUT2D eigenvalue weighted by Gasteiger charge is 2.33. The van der Waals surface area contributed by atoms with Gasteiger partial charge in [0, 0.05) is 5.92 Å². The van der Waals surface area contributed by atoms with Crippen molar-refractivity contribution in [1.82, 2.24) is 5.32 Å². The summed E-state index contributed by atoms with van der Waals surface area (Å²) >= 11 is 5.27. The molecule has 1 N–H and O–H groups in total. The first-order valence-corrected chi connectivity index (χ1v) is 11.0. The molecule has 3 aromatic carbocycles. The van der Waals surface area contributed by atoms with E-state index in [1.165, 1.54) is 0 Å². The molecule has 0 heterocycles. The monoisotopic (exact) mass is 539 g/mol. The molecule has 0 aliphatic heterocycles. The highest BCUT2D eigenvalue weighted by molar-refractivity contribution is 6.63. The van der Waals surface area contributed by atoms with Crippen molar-refractivity contribution in [3.05, 3.63) is 88.7 Å². The number of rotatable bonds is 7. The molecule has 0 saturated heterocycles. The fourth-order valence-electron chi connectivity index (χ4n) is 3.98. The zero-order valence-electron chi connectivity index (χ0n) is 18.5. The standard InChI is InChI=1S/C25H15ClF5NO5/c26-17(33)9-16(24(34)37-23-21(30)19(28)18(27)20(29)22(23)31)32-25(35)36-10-15-13-7-3-1-5-11(13)12-6-2-4-8-14(12)15/h1-8,15-16H,9-10H2,(H,32,35). The Labute approximate surface area is 210 Å². The first-order chi connectivity index (χ1) is 17.6. The molecule has 1 aliphatic rings. The quantitative estimate of drug-likeness (QED) is 0.109. The molecule has 0 spiro atoms. The summed E-state index contributed by atoms with van der Waals surface area (Å²) in [5, 5.41) is 0.804. The SMILES string of the molecule is O=C(Cl)CC(NC(=O)OCC1c2ccccc2-c2ccccc21)C(=O)Oc1c(F)c(F)c(F)c(F)c1F. The van der Waals surface area contributed by atoms with E-state index in [2.05, 4.69) is 4.74 Å². The summed E-state index contributed by atoms with van der Waals surface area (Å²) in [4.78, 5) is 36.2. The van der Waals surface area contributed by atoms with E-state index in [0.29, 0.717) is 0 Å². The normalized spacial score (nSPS) is 12.9. The molecule has 1 amide bonds. The van der Waals surface area contributed by atoms with Gasteiger partial charge in [-0.2, -0.15) is 8.78 Å². The highest BCUT2D eigenvalue weighted by atomic mass is 35.5. The van der Waals surface area contributed by atoms with Gasteiger partial charge < -0.3 is 14.8 Å². The lowest BCUT2D eigenvalue weighted by molar-refractivity contribution is -0.138. The van der Waals surface area contributed by atoms with Gasteiger partial charge >= 0.3 is 12.1 Å². The van der Waals surface area contributed by atoms with Gasteiger partial charge in [-0.05, 0) is 33.9 Å². The number of amides is 1. The lowest BCUT2D eigenvalue weighted by Crippen LogP contribution is -2.44. The molecule has 192 valence electrons. The van der Waals surface area contributed by atoms with Gasteiger partial charge in [-0.25, -0.2) is 22.8 Å². The molecule has 6 nitrogen and oxygen atoms in total. The molecule has 1 atom stereocenters. The molecule has 3 aromatic rings. The number of carbonyl (C=O) groups is 3. The van der Waals surface area contributed by atoms with Crippen LogP contribution in [0, 0.1) is 29.1 Å². The fraction of sp³-hybridized carbons (Fsp3) is 0.160. The second-order valence-electron chi connectivity index (χ2n) is 7.90. The second kappa shape index (κ2) is 10.6. The molecule has 12 heteroatoms. The van der Waals surface area contributed by atoms with Crippen molar-refractivity contribution in [2.75, 3.05) is 6.61 Å². The maximum absolute atomic E-state index is 13.9. The van der Waals surface area contributed by atoms with Gasteiger partial charge in [0.15, 0.2) is 0 Å². The van der Waals surface area contributed by atoms with Crippen LogP contribution in [-0.2, 0) is 14.3 Å². The van der Waals surface area contributed by atoms with Gasteiger partial charge in [-0.3, -0.25) is 4.79 Å². The molecule has 0 fully saturated rings. The number of hydrogen-bond donors (Lipinski definition) is 1. The van der Waals surface area contributed by atoms with E-state index in [-0.39, 0.29) is 12.5 Å². The lowest BCUT2D eigenvalue weighted by Gasteiger charge is -2.18. The van der Waals surface area contributed by atoms with Crippen LogP contribution in [0.1, 0.15) is 23.5 Å². The van der Waals surface area contributed by atoms with Crippen LogP contribution in [0.2, 0.25) is 0 Å². The van der Waals surface area contributed by atoms with Gasteiger partial charge in [0.2, 0.25) is 40.1 Å². The summed E-state index contributed by atoms with van der Waals surface area (Å²) in [6.45, 7) is -0.186. The molecule has 0 aromatic heterocycles. The minimum Gasteiger partial charge on any atom is -0.449 e. The number of nitrogens with one attached hydrogen (secondary N) is 1. The van der Waals surface area contributed by atoms with Gasteiger partial charge in [-0.1, -0.05) is 48.5 Å². The van der Waals surface area contributed by atoms with Crippen LogP contribution < -0.4 is 10.1 Å². The lowest BCUT2D eigenvalue weighted by atomic mass is 9.98. The van der Waals surface area contributed by atoms with E-state index in [1.807, 2.05) is 53.8 Å². The summed E-state index contributed by atoms with van der Waals surface area (Å²) in [5.41, 5.74) is 3.66. The predicted octanol–water partition coefficient (Wildman–Crippen LogP) is 5.35. The van der Waals surface area contributed by atoms with Gasteiger partial charge in [0.05, 0.1) is 6.42 Å². The Bertz CT molecular complexity index is 1340. The Balaban J connectivity index is 1.48. The summed E-state index contributed by atoms with van der Waals surface area (Å²) in [6, 6.07) is 12.9. The van der Waals surface area contributed by atoms with Crippen molar-refractivity contribution in [2.45, 2.75) is 18.4 Å². The van der Waals surface area contributed by atoms with Gasteiger partial charge in [0.1, 0.15) is 12.6 Å². The Morgan fingerprint density at radius 1 is 0.811 bits per heavy atom. The van der Waals surface area contributed by atoms with Crippen molar-refractivity contribution in [2.24, 2.45) is 0 Å². The number of esters is 1. The van der Waals surface area contributed by atoms with Gasteiger partial charge in [-0.15, -0.1) is 0 Å². The van der Waals surface area contributed by atoms with E-state index in [1.54, 1.807) is 0 Å². The average Bonchev–Trinajstić information content (AvgIpc) is 3.20. The van der Waals surface area contributed by atoms with E-state index in [9.17, 15) is 36.3 Å². The largest absolute Gasteiger partial charge is 0.449 e. The van der Waals surface area contributed by atoms with Crippen molar-refractivity contribution in [3.8, 4) is 16.9 Å². The Kier molecular flexibility index (Phi) is 7.44. The number of fused-ring (bicyclic) bond motifs is 3. The second-order valence-corrected chi connectivity index (χ2v) is 8.32. The van der Waals surface area contributed by atoms with E-state index < -0.39 is 64.6 Å². The minimum absolute atomic E-state index is 0.186. The van der Waals surface area contributed by atoms with Crippen molar-refractivity contribution >= 4 is 28.9 Å². The van der Waals surface area contributed by atoms with Crippen molar-refractivity contribution in [1.29, 1.82) is 0 Å². The van der Waals surface area contributed by atoms with E-state index in [0.717, 1.165) is 22.3 Å². The number of halogens is 6. The highest BCUT2D eigenvalue weighted by Crippen LogP contribution is 2.44. The molecule has 1 aliphatic carbocycles. The minimum atomic E-state index is -2.46. The Morgan fingerprint density at radius 2 is 1.30 bits per heavy atom. The van der Waals surface area contributed by atoms with Crippen LogP contribution in [-0.4, -0.2) is 30.0 Å². The maximum atomic E-state index is 13.9. The van der Waals surface area contributed by atoms with Crippen molar-refractivity contribution in [3.63, 3.8) is 0 Å². The summed E-state index contributed by atoms with van der Waals surface area (Å²) < 4.78 is 77.4.